The zero-order valence-electron chi connectivity index (χ0n) is 5.75. The molecule has 10 heavy (non-hydrogen) atoms. The number of nitrogens with two attached hydrogens (primary N) is 2. The molecule has 1 heterocycles. The van der Waals surface area contributed by atoms with Gasteiger partial charge in [-0.1, -0.05) is 0 Å². The van der Waals surface area contributed by atoms with Gasteiger partial charge in [-0.25, -0.2) is 4.98 Å². The Morgan fingerprint density at radius 3 is 2.10 bits per heavy atom. The highest BCUT2D eigenvalue weighted by Gasteiger charge is 1.87. The standard InChI is InChI=1S/C5H7N3.2H3N/c6-4-2-1-3-8-5(4)7;;/h1-3H,6H2,(H2,7,8);2*1H3. The average molecular weight is 143 g/mol. The van der Waals surface area contributed by atoms with E-state index in [-0.39, 0.29) is 12.3 Å². The van der Waals surface area contributed by atoms with E-state index in [1.807, 2.05) is 0 Å². The summed E-state index contributed by atoms with van der Waals surface area (Å²) in [6.45, 7) is 0. The van der Waals surface area contributed by atoms with Gasteiger partial charge in [0.05, 0.1) is 5.69 Å². The first-order valence-electron chi connectivity index (χ1n) is 2.26. The van der Waals surface area contributed by atoms with Crippen LogP contribution in [-0.4, -0.2) is 4.98 Å². The Morgan fingerprint density at radius 2 is 1.80 bits per heavy atom. The van der Waals surface area contributed by atoms with Gasteiger partial charge < -0.3 is 23.8 Å². The predicted octanol–water partition coefficient (Wildman–Crippen LogP) is 0.570. The summed E-state index contributed by atoms with van der Waals surface area (Å²) in [5.41, 5.74) is 11.2. The number of anilines is 2. The first-order valence-corrected chi connectivity index (χ1v) is 2.26. The molecule has 0 aromatic carbocycles. The topological polar surface area (TPSA) is 135 Å². The maximum absolute atomic E-state index is 5.33. The highest BCUT2D eigenvalue weighted by molar-refractivity contribution is 5.56. The molecule has 0 aliphatic carbocycles. The fourth-order valence-corrected chi connectivity index (χ4v) is 0.430. The number of aromatic nitrogens is 1. The zero-order chi connectivity index (χ0) is 5.98. The van der Waals surface area contributed by atoms with Crippen molar-refractivity contribution in [3.8, 4) is 0 Å². The molecular formula is C5H13N5. The predicted molar refractivity (Wildman–Crippen MR) is 43.1 cm³/mol. The van der Waals surface area contributed by atoms with E-state index >= 15 is 0 Å². The third-order valence-electron chi connectivity index (χ3n) is 0.871. The lowest BCUT2D eigenvalue weighted by molar-refractivity contribution is 1.34. The molecule has 1 aromatic rings. The molecule has 0 radical (unpaired) electrons. The van der Waals surface area contributed by atoms with Crippen molar-refractivity contribution in [3.05, 3.63) is 18.3 Å². The lowest BCUT2D eigenvalue weighted by Crippen LogP contribution is -1.95. The molecule has 0 fully saturated rings. The number of rotatable bonds is 0. The van der Waals surface area contributed by atoms with Gasteiger partial charge in [-0.05, 0) is 12.1 Å². The van der Waals surface area contributed by atoms with Gasteiger partial charge in [0, 0.05) is 6.20 Å². The van der Waals surface area contributed by atoms with Crippen LogP contribution in [0.25, 0.3) is 0 Å². The van der Waals surface area contributed by atoms with Crippen LogP contribution in [0.15, 0.2) is 18.3 Å². The maximum Gasteiger partial charge on any atom is 0.146 e. The maximum atomic E-state index is 5.33. The smallest absolute Gasteiger partial charge is 0.146 e. The molecule has 0 atom stereocenters. The van der Waals surface area contributed by atoms with Gasteiger partial charge >= 0.3 is 0 Å². The quantitative estimate of drug-likeness (QED) is 0.421. The second kappa shape index (κ2) is 4.54. The molecule has 1 rings (SSSR count). The van der Waals surface area contributed by atoms with Gasteiger partial charge in [0.2, 0.25) is 0 Å². The summed E-state index contributed by atoms with van der Waals surface area (Å²) in [6.07, 6.45) is 1.60. The van der Waals surface area contributed by atoms with Crippen LogP contribution in [0.5, 0.6) is 0 Å². The van der Waals surface area contributed by atoms with Crippen molar-refractivity contribution < 1.29 is 0 Å². The normalized spacial score (nSPS) is 7.20. The second-order valence-electron chi connectivity index (χ2n) is 1.48. The number of hydrogen-bond donors (Lipinski definition) is 4. The Kier molecular flexibility index (Phi) is 5.20. The van der Waals surface area contributed by atoms with E-state index in [2.05, 4.69) is 4.98 Å². The van der Waals surface area contributed by atoms with Crippen LogP contribution in [0.1, 0.15) is 0 Å². The van der Waals surface area contributed by atoms with Crippen molar-refractivity contribution in [2.75, 3.05) is 11.5 Å². The first kappa shape index (κ1) is 11.5. The van der Waals surface area contributed by atoms with Crippen LogP contribution in [0, 0.1) is 0 Å². The minimum absolute atomic E-state index is 0. The molecule has 0 bridgehead atoms. The van der Waals surface area contributed by atoms with Crippen LogP contribution in [0.3, 0.4) is 0 Å². The highest BCUT2D eigenvalue weighted by atomic mass is 14.9. The van der Waals surface area contributed by atoms with Gasteiger partial charge in [0.25, 0.3) is 0 Å². The van der Waals surface area contributed by atoms with Gasteiger partial charge in [0.15, 0.2) is 0 Å². The Labute approximate surface area is 59.6 Å². The van der Waals surface area contributed by atoms with Crippen molar-refractivity contribution >= 4 is 11.5 Å². The third-order valence-corrected chi connectivity index (χ3v) is 0.871. The largest absolute Gasteiger partial charge is 0.396 e. The molecule has 0 saturated heterocycles. The number of pyridine rings is 1. The number of nitrogens with zero attached hydrogens (tertiary/aromatic N) is 1. The van der Waals surface area contributed by atoms with Crippen LogP contribution in [-0.2, 0) is 0 Å². The molecule has 1 aromatic heterocycles. The van der Waals surface area contributed by atoms with Crippen LogP contribution < -0.4 is 23.8 Å². The minimum Gasteiger partial charge on any atom is -0.396 e. The van der Waals surface area contributed by atoms with Crippen molar-refractivity contribution in [3.63, 3.8) is 0 Å². The second-order valence-corrected chi connectivity index (χ2v) is 1.48. The summed E-state index contributed by atoms with van der Waals surface area (Å²) < 4.78 is 0. The minimum atomic E-state index is 0. The average Bonchev–Trinajstić information content (AvgIpc) is 1.77. The van der Waals surface area contributed by atoms with Crippen LogP contribution in [0.4, 0.5) is 11.5 Å². The molecule has 10 N–H and O–H groups in total. The Morgan fingerprint density at radius 1 is 1.20 bits per heavy atom. The Hall–Kier alpha value is -1.33. The van der Waals surface area contributed by atoms with Crippen molar-refractivity contribution in [2.45, 2.75) is 0 Å². The monoisotopic (exact) mass is 143 g/mol. The molecule has 0 unspecified atom stereocenters. The molecule has 0 spiro atoms. The molecule has 5 nitrogen and oxygen atoms in total. The van der Waals surface area contributed by atoms with Crippen molar-refractivity contribution in [1.29, 1.82) is 0 Å². The number of hydrogen-bond acceptors (Lipinski definition) is 5. The Bertz CT molecular complexity index is 166. The Balaban J connectivity index is 0. The van der Waals surface area contributed by atoms with E-state index in [1.54, 1.807) is 18.3 Å². The van der Waals surface area contributed by atoms with Crippen LogP contribution in [0.2, 0.25) is 0 Å². The molecule has 0 aliphatic rings. The molecule has 58 valence electrons. The van der Waals surface area contributed by atoms with E-state index in [4.69, 9.17) is 11.5 Å². The lowest BCUT2D eigenvalue weighted by atomic mass is 10.4. The SMILES string of the molecule is N.N.Nc1cccnc1N. The highest BCUT2D eigenvalue weighted by Crippen LogP contribution is 2.06. The lowest BCUT2D eigenvalue weighted by Gasteiger charge is -1.92. The molecular weight excluding hydrogens is 130 g/mol. The van der Waals surface area contributed by atoms with Gasteiger partial charge in [-0.15, -0.1) is 0 Å². The third kappa shape index (κ3) is 2.29. The molecule has 5 heteroatoms. The van der Waals surface area contributed by atoms with E-state index < -0.39 is 0 Å². The van der Waals surface area contributed by atoms with Gasteiger partial charge in [0.1, 0.15) is 5.82 Å². The van der Waals surface area contributed by atoms with Gasteiger partial charge in [-0.2, -0.15) is 0 Å². The fraction of sp³-hybridized carbons (Fsp3) is 0. The summed E-state index contributed by atoms with van der Waals surface area (Å²) in [5, 5.41) is 0. The molecule has 0 aliphatic heterocycles. The summed E-state index contributed by atoms with van der Waals surface area (Å²) in [5.74, 6) is 0.396. The zero-order valence-corrected chi connectivity index (χ0v) is 5.75. The summed E-state index contributed by atoms with van der Waals surface area (Å²) in [4.78, 5) is 3.73. The first-order chi connectivity index (χ1) is 3.80. The van der Waals surface area contributed by atoms with E-state index in [9.17, 15) is 0 Å². The van der Waals surface area contributed by atoms with E-state index in [1.165, 1.54) is 0 Å². The van der Waals surface area contributed by atoms with E-state index in [0.29, 0.717) is 11.5 Å². The van der Waals surface area contributed by atoms with Crippen LogP contribution >= 0.6 is 0 Å². The molecule has 0 amide bonds. The van der Waals surface area contributed by atoms with E-state index in [0.717, 1.165) is 0 Å². The van der Waals surface area contributed by atoms with Crippen molar-refractivity contribution in [1.82, 2.24) is 17.3 Å². The summed E-state index contributed by atoms with van der Waals surface area (Å²) in [6, 6.07) is 3.45. The molecule has 0 saturated carbocycles. The van der Waals surface area contributed by atoms with Gasteiger partial charge in [-0.3, -0.25) is 0 Å². The summed E-state index contributed by atoms with van der Waals surface area (Å²) >= 11 is 0. The number of nitrogen functional groups attached to an aromatic ring is 2. The fourth-order valence-electron chi connectivity index (χ4n) is 0.430. The van der Waals surface area contributed by atoms with Crippen molar-refractivity contribution in [2.24, 2.45) is 0 Å². The summed E-state index contributed by atoms with van der Waals surface area (Å²) in [7, 11) is 0.